The molecule has 0 spiro atoms. The lowest BCUT2D eigenvalue weighted by Gasteiger charge is -2.09. The second-order valence-corrected chi connectivity index (χ2v) is 7.59. The van der Waals surface area contributed by atoms with Crippen LogP contribution in [0.15, 0.2) is 59.5 Å². The fraction of sp³-hybridized carbons (Fsp3) is 0.111. The second-order valence-electron chi connectivity index (χ2n) is 5.62. The maximum Gasteiger partial charge on any atom is 0.238 e. The van der Waals surface area contributed by atoms with Crippen molar-refractivity contribution in [2.45, 2.75) is 18.2 Å². The molecule has 3 rings (SSSR count). The van der Waals surface area contributed by atoms with Crippen LogP contribution in [0.5, 0.6) is 0 Å². The number of para-hydroxylation sites is 1. The van der Waals surface area contributed by atoms with E-state index in [0.29, 0.717) is 34.1 Å². The molecule has 2 aromatic carbocycles. The molecular formula is C18H16ClN3O3S. The third-order valence-electron chi connectivity index (χ3n) is 3.88. The Balaban J connectivity index is 2.18. The number of benzene rings is 2. The van der Waals surface area contributed by atoms with Crippen LogP contribution in [-0.2, 0) is 10.0 Å². The van der Waals surface area contributed by atoms with Crippen LogP contribution in [0.1, 0.15) is 23.8 Å². The first-order valence-corrected chi connectivity index (χ1v) is 9.75. The van der Waals surface area contributed by atoms with E-state index in [1.165, 1.54) is 12.1 Å². The molecule has 2 N–H and O–H groups in total. The van der Waals surface area contributed by atoms with E-state index in [9.17, 15) is 13.2 Å². The van der Waals surface area contributed by atoms with Crippen LogP contribution >= 0.6 is 11.6 Å². The van der Waals surface area contributed by atoms with Crippen molar-refractivity contribution in [3.63, 3.8) is 0 Å². The van der Waals surface area contributed by atoms with Crippen molar-refractivity contribution in [3.05, 3.63) is 65.3 Å². The number of carbonyl (C=O) groups excluding carboxylic acids is 1. The third kappa shape index (κ3) is 3.55. The molecule has 0 aliphatic heterocycles. The van der Waals surface area contributed by atoms with Crippen LogP contribution < -0.4 is 5.14 Å². The summed E-state index contributed by atoms with van der Waals surface area (Å²) in [6.45, 7) is 1.76. The molecule has 0 aliphatic carbocycles. The van der Waals surface area contributed by atoms with Gasteiger partial charge in [0.1, 0.15) is 5.69 Å². The quantitative estimate of drug-likeness (QED) is 0.676. The van der Waals surface area contributed by atoms with E-state index in [1.54, 1.807) is 48.0 Å². The van der Waals surface area contributed by atoms with Crippen LogP contribution in [0.25, 0.3) is 16.9 Å². The number of ketones is 1. The van der Waals surface area contributed by atoms with Crippen LogP contribution in [0.4, 0.5) is 0 Å². The standard InChI is InChI=1S/C18H16ClN3O3S/c1-2-18(23)15-11-17(12-7-9-13(10-8-12)26(20,24)25)22(21-15)16-6-4-3-5-14(16)19/h3-11H,2H2,1H3,(H2,20,24,25). The Morgan fingerprint density at radius 1 is 1.15 bits per heavy atom. The van der Waals surface area contributed by atoms with Crippen molar-refractivity contribution in [2.75, 3.05) is 0 Å². The molecule has 0 radical (unpaired) electrons. The van der Waals surface area contributed by atoms with E-state index in [2.05, 4.69) is 5.10 Å². The summed E-state index contributed by atoms with van der Waals surface area (Å²) in [5.74, 6) is -0.0989. The Kier molecular flexibility index (Phi) is 4.95. The van der Waals surface area contributed by atoms with E-state index < -0.39 is 10.0 Å². The van der Waals surface area contributed by atoms with Crippen LogP contribution in [0.2, 0.25) is 5.02 Å². The summed E-state index contributed by atoms with van der Waals surface area (Å²) >= 11 is 6.28. The molecule has 8 heteroatoms. The number of hydrogen-bond donors (Lipinski definition) is 1. The van der Waals surface area contributed by atoms with E-state index in [0.717, 1.165) is 0 Å². The third-order valence-corrected chi connectivity index (χ3v) is 5.12. The predicted octanol–water partition coefficient (Wildman–Crippen LogP) is 3.43. The molecule has 0 saturated heterocycles. The van der Waals surface area contributed by atoms with Crippen LogP contribution in [0.3, 0.4) is 0 Å². The number of aromatic nitrogens is 2. The predicted molar refractivity (Wildman–Crippen MR) is 100 cm³/mol. The number of primary sulfonamides is 1. The van der Waals surface area contributed by atoms with E-state index in [1.807, 2.05) is 6.07 Å². The number of halogens is 1. The number of nitrogens with zero attached hydrogens (tertiary/aromatic N) is 2. The minimum Gasteiger partial charge on any atom is -0.292 e. The molecule has 3 aromatic rings. The normalized spacial score (nSPS) is 11.5. The van der Waals surface area contributed by atoms with Gasteiger partial charge in [0.15, 0.2) is 5.78 Å². The summed E-state index contributed by atoms with van der Waals surface area (Å²) in [6, 6.07) is 14.9. The summed E-state index contributed by atoms with van der Waals surface area (Å²) < 4.78 is 24.5. The van der Waals surface area contributed by atoms with Crippen molar-refractivity contribution in [1.82, 2.24) is 9.78 Å². The minimum atomic E-state index is -3.78. The molecule has 0 aliphatic rings. The summed E-state index contributed by atoms with van der Waals surface area (Å²) in [4.78, 5) is 12.1. The molecule has 0 amide bonds. The van der Waals surface area contributed by atoms with Crippen molar-refractivity contribution < 1.29 is 13.2 Å². The highest BCUT2D eigenvalue weighted by Crippen LogP contribution is 2.28. The summed E-state index contributed by atoms with van der Waals surface area (Å²) in [7, 11) is -3.78. The van der Waals surface area contributed by atoms with Crippen LogP contribution in [-0.4, -0.2) is 24.0 Å². The molecule has 1 heterocycles. The van der Waals surface area contributed by atoms with Gasteiger partial charge >= 0.3 is 0 Å². The topological polar surface area (TPSA) is 95.0 Å². The number of hydrogen-bond acceptors (Lipinski definition) is 4. The van der Waals surface area contributed by atoms with Gasteiger partial charge in [0.2, 0.25) is 10.0 Å². The van der Waals surface area contributed by atoms with E-state index in [4.69, 9.17) is 16.7 Å². The zero-order valence-electron chi connectivity index (χ0n) is 13.9. The largest absolute Gasteiger partial charge is 0.292 e. The number of sulfonamides is 1. The first-order chi connectivity index (χ1) is 12.3. The molecule has 0 bridgehead atoms. The van der Waals surface area contributed by atoms with E-state index >= 15 is 0 Å². The average molecular weight is 390 g/mol. The van der Waals surface area contributed by atoms with Gasteiger partial charge in [0.25, 0.3) is 0 Å². The lowest BCUT2D eigenvalue weighted by molar-refractivity contribution is 0.0983. The van der Waals surface area contributed by atoms with E-state index in [-0.39, 0.29) is 10.7 Å². The number of carbonyl (C=O) groups is 1. The van der Waals surface area contributed by atoms with Gasteiger partial charge in [0, 0.05) is 12.0 Å². The van der Waals surface area contributed by atoms with Gasteiger partial charge in [-0.1, -0.05) is 42.8 Å². The van der Waals surface area contributed by atoms with Gasteiger partial charge in [-0.3, -0.25) is 4.79 Å². The van der Waals surface area contributed by atoms with Gasteiger partial charge in [-0.2, -0.15) is 5.10 Å². The highest BCUT2D eigenvalue weighted by molar-refractivity contribution is 7.89. The maximum atomic E-state index is 12.1. The molecule has 1 aromatic heterocycles. The van der Waals surface area contributed by atoms with Crippen molar-refractivity contribution in [2.24, 2.45) is 5.14 Å². The van der Waals surface area contributed by atoms with Gasteiger partial charge in [-0.15, -0.1) is 0 Å². The molecule has 134 valence electrons. The molecule has 0 atom stereocenters. The molecule has 0 saturated carbocycles. The number of rotatable bonds is 5. The Labute approximate surface area is 156 Å². The lowest BCUT2D eigenvalue weighted by Crippen LogP contribution is -2.11. The molecule has 6 nitrogen and oxygen atoms in total. The lowest BCUT2D eigenvalue weighted by atomic mass is 10.1. The Hall–Kier alpha value is -2.48. The van der Waals surface area contributed by atoms with Crippen molar-refractivity contribution in [1.29, 1.82) is 0 Å². The average Bonchev–Trinajstić information content (AvgIpc) is 3.06. The fourth-order valence-electron chi connectivity index (χ4n) is 2.53. The van der Waals surface area contributed by atoms with Crippen LogP contribution in [0, 0.1) is 0 Å². The first-order valence-electron chi connectivity index (χ1n) is 7.82. The highest BCUT2D eigenvalue weighted by Gasteiger charge is 2.17. The zero-order valence-corrected chi connectivity index (χ0v) is 15.5. The van der Waals surface area contributed by atoms with Gasteiger partial charge in [0.05, 0.1) is 21.3 Å². The minimum absolute atomic E-state index is 0.00918. The number of Topliss-reactive ketones (excluding diaryl/α,β-unsaturated/α-hetero) is 1. The SMILES string of the molecule is CCC(=O)c1cc(-c2ccc(S(N)(=O)=O)cc2)n(-c2ccccc2Cl)n1. The molecule has 0 fully saturated rings. The zero-order chi connectivity index (χ0) is 18.9. The summed E-state index contributed by atoms with van der Waals surface area (Å²) in [5.41, 5.74) is 2.24. The Morgan fingerprint density at radius 3 is 2.38 bits per heavy atom. The fourth-order valence-corrected chi connectivity index (χ4v) is 3.26. The van der Waals surface area contributed by atoms with Gasteiger partial charge in [-0.25, -0.2) is 18.2 Å². The second kappa shape index (κ2) is 7.03. The summed E-state index contributed by atoms with van der Waals surface area (Å²) in [6.07, 6.45) is 0.323. The smallest absolute Gasteiger partial charge is 0.238 e. The molecular weight excluding hydrogens is 374 g/mol. The Morgan fingerprint density at radius 2 is 1.81 bits per heavy atom. The van der Waals surface area contributed by atoms with Gasteiger partial charge < -0.3 is 0 Å². The van der Waals surface area contributed by atoms with Crippen molar-refractivity contribution in [3.8, 4) is 16.9 Å². The Bertz CT molecular complexity index is 1070. The monoisotopic (exact) mass is 389 g/mol. The highest BCUT2D eigenvalue weighted by atomic mass is 35.5. The number of nitrogens with two attached hydrogens (primary N) is 1. The van der Waals surface area contributed by atoms with Crippen molar-refractivity contribution >= 4 is 27.4 Å². The van der Waals surface area contributed by atoms with Gasteiger partial charge in [-0.05, 0) is 30.3 Å². The maximum absolute atomic E-state index is 12.1. The summed E-state index contributed by atoms with van der Waals surface area (Å²) in [5, 5.41) is 10.0. The molecule has 26 heavy (non-hydrogen) atoms. The first kappa shape index (κ1) is 18.3. The molecule has 0 unspecified atom stereocenters.